The number of alkyl halides is 3. The van der Waals surface area contributed by atoms with Crippen LogP contribution in [-0.4, -0.2) is 47.6 Å². The third-order valence-corrected chi connectivity index (χ3v) is 5.98. The van der Waals surface area contributed by atoms with Crippen molar-refractivity contribution in [3.63, 3.8) is 0 Å². The van der Waals surface area contributed by atoms with Crippen LogP contribution in [0.25, 0.3) is 0 Å². The molecule has 4 rings (SSSR count). The van der Waals surface area contributed by atoms with Gasteiger partial charge in [-0.05, 0) is 24.3 Å². The number of carbonyl (C=O) groups excluding carboxylic acids is 2. The fourth-order valence-electron chi connectivity index (χ4n) is 3.92. The summed E-state index contributed by atoms with van der Waals surface area (Å²) in [5, 5.41) is 7.71. The molecule has 3 aromatic rings. The lowest BCUT2D eigenvalue weighted by Gasteiger charge is -2.27. The average molecular weight is 548 g/mol. The SMILES string of the molecule is COc1ccc(Nc2cnc(CNC(=O)[C@]3(NC(=O)c4cncc(N)c4)CCOC3)c(F)c2)c(C(F)(F)F)c1. The first-order valence-electron chi connectivity index (χ1n) is 11.6. The number of halogens is 4. The summed E-state index contributed by atoms with van der Waals surface area (Å²) in [7, 11) is 1.24. The summed E-state index contributed by atoms with van der Waals surface area (Å²) in [6.45, 7) is -0.248. The highest BCUT2D eigenvalue weighted by Crippen LogP contribution is 2.38. The molecular weight excluding hydrogens is 524 g/mol. The smallest absolute Gasteiger partial charge is 0.418 e. The molecule has 2 aromatic heterocycles. The normalized spacial score (nSPS) is 16.9. The van der Waals surface area contributed by atoms with Crippen molar-refractivity contribution in [1.82, 2.24) is 20.6 Å². The average Bonchev–Trinajstić information content (AvgIpc) is 3.37. The van der Waals surface area contributed by atoms with Crippen LogP contribution in [0.4, 0.5) is 34.6 Å². The third kappa shape index (κ3) is 6.34. The molecule has 1 aliphatic heterocycles. The first-order chi connectivity index (χ1) is 18.5. The zero-order chi connectivity index (χ0) is 28.2. The lowest BCUT2D eigenvalue weighted by Crippen LogP contribution is -2.59. The minimum atomic E-state index is -4.69. The molecule has 0 aliphatic carbocycles. The van der Waals surface area contributed by atoms with E-state index in [1.807, 2.05) is 0 Å². The molecule has 0 spiro atoms. The maximum atomic E-state index is 14.8. The Balaban J connectivity index is 1.45. The molecule has 1 saturated heterocycles. The molecule has 1 aliphatic rings. The number of aromatic nitrogens is 2. The lowest BCUT2D eigenvalue weighted by molar-refractivity contribution is -0.137. The van der Waals surface area contributed by atoms with Crippen molar-refractivity contribution < 1.29 is 36.6 Å². The maximum Gasteiger partial charge on any atom is 0.418 e. The number of nitrogens with zero attached hydrogens (tertiary/aromatic N) is 2. The molecule has 39 heavy (non-hydrogen) atoms. The number of hydrogen-bond donors (Lipinski definition) is 4. The molecule has 2 amide bonds. The first-order valence-corrected chi connectivity index (χ1v) is 11.6. The molecule has 0 radical (unpaired) electrons. The summed E-state index contributed by atoms with van der Waals surface area (Å²) in [5.41, 5.74) is 3.14. The van der Waals surface area contributed by atoms with Crippen molar-refractivity contribution in [2.75, 3.05) is 31.4 Å². The van der Waals surface area contributed by atoms with Gasteiger partial charge >= 0.3 is 6.18 Å². The van der Waals surface area contributed by atoms with E-state index in [4.69, 9.17) is 15.2 Å². The summed E-state index contributed by atoms with van der Waals surface area (Å²) in [5.74, 6) is -2.07. The van der Waals surface area contributed by atoms with Gasteiger partial charge in [0.2, 0.25) is 5.91 Å². The largest absolute Gasteiger partial charge is 0.497 e. The molecule has 1 atom stereocenters. The van der Waals surface area contributed by atoms with E-state index in [0.29, 0.717) is 0 Å². The Hall–Kier alpha value is -4.46. The fraction of sp³-hybridized carbons (Fsp3) is 0.280. The minimum Gasteiger partial charge on any atom is -0.497 e. The van der Waals surface area contributed by atoms with Crippen molar-refractivity contribution in [2.24, 2.45) is 0 Å². The van der Waals surface area contributed by atoms with Crippen LogP contribution in [0.3, 0.4) is 0 Å². The number of carbonyl (C=O) groups is 2. The Morgan fingerprint density at radius 2 is 1.97 bits per heavy atom. The first kappa shape index (κ1) is 27.6. The number of amides is 2. The number of nitrogens with two attached hydrogens (primary N) is 1. The molecule has 14 heteroatoms. The van der Waals surface area contributed by atoms with E-state index < -0.39 is 34.9 Å². The van der Waals surface area contributed by atoms with E-state index in [0.717, 1.165) is 24.4 Å². The van der Waals surface area contributed by atoms with Gasteiger partial charge < -0.3 is 31.2 Å². The minimum absolute atomic E-state index is 0.00876. The number of rotatable bonds is 8. The van der Waals surface area contributed by atoms with Crippen molar-refractivity contribution in [2.45, 2.75) is 24.7 Å². The summed E-state index contributed by atoms with van der Waals surface area (Å²) in [6, 6.07) is 5.67. The number of nitrogens with one attached hydrogen (secondary N) is 3. The van der Waals surface area contributed by atoms with Crippen LogP contribution in [0.15, 0.2) is 48.9 Å². The van der Waals surface area contributed by atoms with Gasteiger partial charge in [-0.1, -0.05) is 0 Å². The predicted molar refractivity (Wildman–Crippen MR) is 132 cm³/mol. The van der Waals surface area contributed by atoms with Crippen LogP contribution in [0.1, 0.15) is 28.0 Å². The van der Waals surface area contributed by atoms with Gasteiger partial charge in [0, 0.05) is 31.5 Å². The molecule has 0 saturated carbocycles. The molecule has 3 heterocycles. The quantitative estimate of drug-likeness (QED) is 0.315. The van der Waals surface area contributed by atoms with Gasteiger partial charge in [0.05, 0.1) is 60.3 Å². The second-order valence-electron chi connectivity index (χ2n) is 8.72. The van der Waals surface area contributed by atoms with Crippen molar-refractivity contribution >= 4 is 28.9 Å². The molecule has 1 fully saturated rings. The highest BCUT2D eigenvalue weighted by atomic mass is 19.4. The number of nitrogen functional groups attached to an aromatic ring is 1. The van der Waals surface area contributed by atoms with Crippen LogP contribution in [0, 0.1) is 5.82 Å². The van der Waals surface area contributed by atoms with Crippen molar-refractivity contribution in [3.05, 3.63) is 71.6 Å². The molecular formula is C25H24F4N6O4. The number of methoxy groups -OCH3 is 1. The Morgan fingerprint density at radius 3 is 2.62 bits per heavy atom. The number of benzene rings is 1. The molecule has 206 valence electrons. The highest BCUT2D eigenvalue weighted by Gasteiger charge is 2.44. The van der Waals surface area contributed by atoms with Crippen LogP contribution in [-0.2, 0) is 22.3 Å². The Kier molecular flexibility index (Phi) is 7.85. The van der Waals surface area contributed by atoms with Crippen LogP contribution >= 0.6 is 0 Å². The molecule has 10 nitrogen and oxygen atoms in total. The van der Waals surface area contributed by atoms with E-state index in [1.54, 1.807) is 0 Å². The van der Waals surface area contributed by atoms with E-state index in [9.17, 15) is 27.2 Å². The van der Waals surface area contributed by atoms with Crippen LogP contribution in [0.5, 0.6) is 5.75 Å². The Bertz CT molecular complexity index is 1380. The molecule has 5 N–H and O–H groups in total. The summed E-state index contributed by atoms with van der Waals surface area (Å²) >= 11 is 0. The molecule has 1 aromatic carbocycles. The zero-order valence-electron chi connectivity index (χ0n) is 20.6. The highest BCUT2D eigenvalue weighted by molar-refractivity contribution is 5.99. The monoisotopic (exact) mass is 548 g/mol. The van der Waals surface area contributed by atoms with Gasteiger partial charge in [-0.25, -0.2) is 4.39 Å². The maximum absolute atomic E-state index is 14.8. The molecule has 0 bridgehead atoms. The van der Waals surface area contributed by atoms with Crippen molar-refractivity contribution in [3.8, 4) is 5.75 Å². The second-order valence-corrected chi connectivity index (χ2v) is 8.72. The number of pyridine rings is 2. The van der Waals surface area contributed by atoms with Gasteiger partial charge in [-0.3, -0.25) is 19.6 Å². The summed E-state index contributed by atoms with van der Waals surface area (Å²) in [4.78, 5) is 33.6. The van der Waals surface area contributed by atoms with Gasteiger partial charge in [0.25, 0.3) is 5.91 Å². The van der Waals surface area contributed by atoms with E-state index in [-0.39, 0.29) is 60.2 Å². The standard InChI is InChI=1S/C25H24F4N6O4/c1-38-17-2-3-20(18(8-17)25(27,28)29)34-16-7-19(26)21(32-11-16)12-33-23(37)24(4-5-39-13-24)35-22(36)14-6-15(30)10-31-9-14/h2-3,6-11,34H,4-5,12-13,30H2,1H3,(H,33,37)(H,35,36)/t24-/m0/s1. The van der Waals surface area contributed by atoms with Crippen LogP contribution < -0.4 is 26.4 Å². The van der Waals surface area contributed by atoms with Gasteiger partial charge in [0.1, 0.15) is 17.1 Å². The van der Waals surface area contributed by atoms with Gasteiger partial charge in [0.15, 0.2) is 0 Å². The zero-order valence-corrected chi connectivity index (χ0v) is 20.6. The Morgan fingerprint density at radius 1 is 1.18 bits per heavy atom. The predicted octanol–water partition coefficient (Wildman–Crippen LogP) is 3.17. The number of hydrogen-bond acceptors (Lipinski definition) is 8. The van der Waals surface area contributed by atoms with Gasteiger partial charge in [-0.2, -0.15) is 13.2 Å². The van der Waals surface area contributed by atoms with E-state index >= 15 is 0 Å². The van der Waals surface area contributed by atoms with E-state index in [1.165, 1.54) is 31.6 Å². The third-order valence-electron chi connectivity index (χ3n) is 5.98. The topological polar surface area (TPSA) is 140 Å². The summed E-state index contributed by atoms with van der Waals surface area (Å²) in [6.07, 6.45) is -0.718. The van der Waals surface area contributed by atoms with Gasteiger partial charge in [-0.15, -0.1) is 0 Å². The summed E-state index contributed by atoms with van der Waals surface area (Å²) < 4.78 is 65.4. The Labute approximate surface area is 219 Å². The number of anilines is 3. The van der Waals surface area contributed by atoms with E-state index in [2.05, 4.69) is 25.9 Å². The lowest BCUT2D eigenvalue weighted by atomic mass is 9.96. The number of ether oxygens (including phenoxy) is 2. The fourth-order valence-corrected chi connectivity index (χ4v) is 3.92. The van der Waals surface area contributed by atoms with Crippen molar-refractivity contribution in [1.29, 1.82) is 0 Å². The van der Waals surface area contributed by atoms with Crippen LogP contribution in [0.2, 0.25) is 0 Å². The second kappa shape index (κ2) is 11.1. The molecule has 0 unspecified atom stereocenters.